The third kappa shape index (κ3) is 1.74. The molecule has 0 saturated heterocycles. The SMILES string of the molecule is CC(=O)NC1(C)C=CC=CC1O. The van der Waals surface area contributed by atoms with E-state index in [1.165, 1.54) is 6.92 Å². The van der Waals surface area contributed by atoms with Crippen LogP contribution in [-0.2, 0) is 4.79 Å². The molecule has 2 N–H and O–H groups in total. The van der Waals surface area contributed by atoms with Gasteiger partial charge in [-0.1, -0.05) is 24.3 Å². The van der Waals surface area contributed by atoms with E-state index in [1.54, 1.807) is 25.2 Å². The van der Waals surface area contributed by atoms with Gasteiger partial charge in [0.1, 0.15) is 0 Å². The number of rotatable bonds is 1. The van der Waals surface area contributed by atoms with Crippen molar-refractivity contribution in [3.63, 3.8) is 0 Å². The molecule has 0 radical (unpaired) electrons. The maximum atomic E-state index is 10.8. The molecular formula is C9H13NO2. The zero-order chi connectivity index (χ0) is 9.19. The molecule has 0 aromatic rings. The second kappa shape index (κ2) is 3.11. The molecule has 66 valence electrons. The lowest BCUT2D eigenvalue weighted by molar-refractivity contribution is -0.121. The zero-order valence-corrected chi connectivity index (χ0v) is 7.24. The fourth-order valence-corrected chi connectivity index (χ4v) is 1.22. The highest BCUT2D eigenvalue weighted by Crippen LogP contribution is 2.17. The topological polar surface area (TPSA) is 49.3 Å². The maximum absolute atomic E-state index is 10.8. The van der Waals surface area contributed by atoms with Gasteiger partial charge in [-0.15, -0.1) is 0 Å². The van der Waals surface area contributed by atoms with Crippen molar-refractivity contribution in [2.24, 2.45) is 0 Å². The Hall–Kier alpha value is -1.09. The minimum atomic E-state index is -0.652. The summed E-state index contributed by atoms with van der Waals surface area (Å²) in [5.41, 5.74) is -0.652. The van der Waals surface area contributed by atoms with Crippen molar-refractivity contribution in [1.29, 1.82) is 0 Å². The molecule has 3 heteroatoms. The molecule has 0 bridgehead atoms. The van der Waals surface area contributed by atoms with Crippen LogP contribution in [0.4, 0.5) is 0 Å². The fourth-order valence-electron chi connectivity index (χ4n) is 1.22. The Bertz CT molecular complexity index is 245. The Labute approximate surface area is 71.8 Å². The van der Waals surface area contributed by atoms with Crippen LogP contribution in [0.15, 0.2) is 24.3 Å². The third-order valence-electron chi connectivity index (χ3n) is 1.91. The van der Waals surface area contributed by atoms with Gasteiger partial charge < -0.3 is 10.4 Å². The third-order valence-corrected chi connectivity index (χ3v) is 1.91. The second-order valence-corrected chi connectivity index (χ2v) is 3.15. The molecule has 0 heterocycles. The predicted octanol–water partition coefficient (Wildman–Crippen LogP) is 0.368. The van der Waals surface area contributed by atoms with E-state index in [4.69, 9.17) is 0 Å². The average Bonchev–Trinajstić information content (AvgIpc) is 1.94. The van der Waals surface area contributed by atoms with Gasteiger partial charge in [0, 0.05) is 6.92 Å². The minimum absolute atomic E-state index is 0.142. The monoisotopic (exact) mass is 167 g/mol. The van der Waals surface area contributed by atoms with Gasteiger partial charge in [0.25, 0.3) is 0 Å². The van der Waals surface area contributed by atoms with Crippen LogP contribution >= 0.6 is 0 Å². The number of hydrogen-bond acceptors (Lipinski definition) is 2. The molecule has 2 unspecified atom stereocenters. The molecule has 1 rings (SSSR count). The van der Waals surface area contributed by atoms with Crippen LogP contribution in [0.5, 0.6) is 0 Å². The first-order chi connectivity index (χ1) is 5.54. The van der Waals surface area contributed by atoms with Crippen LogP contribution < -0.4 is 5.32 Å². The number of carbonyl (C=O) groups is 1. The first kappa shape index (κ1) is 9.00. The summed E-state index contributed by atoms with van der Waals surface area (Å²) in [5.74, 6) is -0.142. The van der Waals surface area contributed by atoms with E-state index >= 15 is 0 Å². The van der Waals surface area contributed by atoms with E-state index in [0.29, 0.717) is 0 Å². The molecule has 0 aliphatic heterocycles. The Morgan fingerprint density at radius 1 is 1.58 bits per heavy atom. The van der Waals surface area contributed by atoms with Gasteiger partial charge in [-0.25, -0.2) is 0 Å². The second-order valence-electron chi connectivity index (χ2n) is 3.15. The van der Waals surface area contributed by atoms with Crippen molar-refractivity contribution in [2.75, 3.05) is 0 Å². The van der Waals surface area contributed by atoms with Gasteiger partial charge in [0.2, 0.25) is 5.91 Å². The van der Waals surface area contributed by atoms with Gasteiger partial charge in [0.15, 0.2) is 0 Å². The summed E-state index contributed by atoms with van der Waals surface area (Å²) >= 11 is 0. The lowest BCUT2D eigenvalue weighted by Gasteiger charge is -2.32. The molecule has 12 heavy (non-hydrogen) atoms. The Morgan fingerprint density at radius 2 is 2.25 bits per heavy atom. The van der Waals surface area contributed by atoms with Gasteiger partial charge in [-0.05, 0) is 6.92 Å². The molecule has 1 aliphatic rings. The smallest absolute Gasteiger partial charge is 0.217 e. The summed E-state index contributed by atoms with van der Waals surface area (Å²) in [7, 11) is 0. The number of hydrogen-bond donors (Lipinski definition) is 2. The molecule has 0 saturated carbocycles. The molecule has 2 atom stereocenters. The predicted molar refractivity (Wildman–Crippen MR) is 46.5 cm³/mol. The Morgan fingerprint density at radius 3 is 2.75 bits per heavy atom. The molecule has 1 aliphatic carbocycles. The van der Waals surface area contributed by atoms with Crippen LogP contribution in [0.2, 0.25) is 0 Å². The van der Waals surface area contributed by atoms with Crippen molar-refractivity contribution >= 4 is 5.91 Å². The van der Waals surface area contributed by atoms with E-state index in [9.17, 15) is 9.90 Å². The Balaban J connectivity index is 2.76. The van der Waals surface area contributed by atoms with Crippen LogP contribution in [-0.4, -0.2) is 22.7 Å². The largest absolute Gasteiger partial charge is 0.386 e. The molecule has 3 nitrogen and oxygen atoms in total. The fraction of sp³-hybridized carbons (Fsp3) is 0.444. The van der Waals surface area contributed by atoms with Crippen molar-refractivity contribution in [3.05, 3.63) is 24.3 Å². The van der Waals surface area contributed by atoms with Crippen LogP contribution in [0.25, 0.3) is 0 Å². The highest BCUT2D eigenvalue weighted by molar-refractivity contribution is 5.74. The average molecular weight is 167 g/mol. The zero-order valence-electron chi connectivity index (χ0n) is 7.24. The lowest BCUT2D eigenvalue weighted by atomic mass is 9.90. The summed E-state index contributed by atoms with van der Waals surface area (Å²) < 4.78 is 0. The van der Waals surface area contributed by atoms with E-state index in [-0.39, 0.29) is 5.91 Å². The standard InChI is InChI=1S/C9H13NO2/c1-7(11)10-9(2)6-4-3-5-8(9)12/h3-6,8,12H,1-2H3,(H,10,11). The first-order valence-electron chi connectivity index (χ1n) is 3.87. The quantitative estimate of drug-likeness (QED) is 0.592. The molecular weight excluding hydrogens is 154 g/mol. The van der Waals surface area contributed by atoms with E-state index in [2.05, 4.69) is 5.32 Å². The van der Waals surface area contributed by atoms with E-state index < -0.39 is 11.6 Å². The van der Waals surface area contributed by atoms with Gasteiger partial charge >= 0.3 is 0 Å². The van der Waals surface area contributed by atoms with Crippen LogP contribution in [0.1, 0.15) is 13.8 Å². The number of amides is 1. The number of nitrogens with one attached hydrogen (secondary N) is 1. The summed E-state index contributed by atoms with van der Waals surface area (Å²) in [4.78, 5) is 10.8. The number of allylic oxidation sites excluding steroid dienone is 2. The molecule has 1 amide bonds. The molecule has 0 aromatic heterocycles. The summed E-state index contributed by atoms with van der Waals surface area (Å²) in [6, 6.07) is 0. The van der Waals surface area contributed by atoms with Crippen LogP contribution in [0, 0.1) is 0 Å². The van der Waals surface area contributed by atoms with Crippen molar-refractivity contribution in [3.8, 4) is 0 Å². The van der Waals surface area contributed by atoms with Crippen molar-refractivity contribution in [1.82, 2.24) is 5.32 Å². The van der Waals surface area contributed by atoms with Crippen molar-refractivity contribution < 1.29 is 9.90 Å². The van der Waals surface area contributed by atoms with E-state index in [1.807, 2.05) is 6.08 Å². The highest BCUT2D eigenvalue weighted by Gasteiger charge is 2.30. The van der Waals surface area contributed by atoms with Crippen LogP contribution in [0.3, 0.4) is 0 Å². The normalized spacial score (nSPS) is 33.4. The van der Waals surface area contributed by atoms with Gasteiger partial charge in [-0.2, -0.15) is 0 Å². The van der Waals surface area contributed by atoms with Gasteiger partial charge in [0.05, 0.1) is 11.6 Å². The number of aliphatic hydroxyl groups is 1. The summed E-state index contributed by atoms with van der Waals surface area (Å²) in [5, 5.41) is 12.2. The number of aliphatic hydroxyl groups excluding tert-OH is 1. The van der Waals surface area contributed by atoms with Crippen molar-refractivity contribution in [2.45, 2.75) is 25.5 Å². The number of carbonyl (C=O) groups excluding carboxylic acids is 1. The summed E-state index contributed by atoms with van der Waals surface area (Å²) in [6.45, 7) is 3.21. The first-order valence-corrected chi connectivity index (χ1v) is 3.87. The Kier molecular flexibility index (Phi) is 2.33. The molecule has 0 spiro atoms. The highest BCUT2D eigenvalue weighted by atomic mass is 16.3. The maximum Gasteiger partial charge on any atom is 0.217 e. The lowest BCUT2D eigenvalue weighted by Crippen LogP contribution is -2.52. The summed E-state index contributed by atoms with van der Waals surface area (Å²) in [6.07, 6.45) is 6.35. The van der Waals surface area contributed by atoms with Gasteiger partial charge in [-0.3, -0.25) is 4.79 Å². The molecule has 0 aromatic carbocycles. The molecule has 0 fully saturated rings. The minimum Gasteiger partial charge on any atom is -0.386 e. The van der Waals surface area contributed by atoms with E-state index in [0.717, 1.165) is 0 Å².